The predicted molar refractivity (Wildman–Crippen MR) is 75.2 cm³/mol. The average molecular weight is 295 g/mol. The topological polar surface area (TPSA) is 64.2 Å². The first-order valence-electron chi connectivity index (χ1n) is 5.73. The Labute approximate surface area is 120 Å². The average Bonchev–Trinajstić information content (AvgIpc) is 2.97. The lowest BCUT2D eigenvalue weighted by atomic mass is 10.2. The molecule has 2 N–H and O–H groups in total. The number of aromatic nitrogens is 2. The lowest BCUT2D eigenvalue weighted by Crippen LogP contribution is -2.43. The molecule has 18 heavy (non-hydrogen) atoms. The van der Waals surface area contributed by atoms with E-state index < -0.39 is 0 Å². The summed E-state index contributed by atoms with van der Waals surface area (Å²) in [5.74, 6) is 0.122. The molecule has 0 bridgehead atoms. The Bertz CT molecular complexity index is 358. The summed E-state index contributed by atoms with van der Waals surface area (Å²) in [5.41, 5.74) is 5.66. The van der Waals surface area contributed by atoms with Crippen LogP contribution < -0.4 is 5.73 Å². The highest BCUT2D eigenvalue weighted by Gasteiger charge is 2.31. The van der Waals surface area contributed by atoms with Gasteiger partial charge in [0.15, 0.2) is 0 Å². The maximum absolute atomic E-state index is 12.2. The number of carbonyl (C=O) groups is 1. The first kappa shape index (κ1) is 17.2. The van der Waals surface area contributed by atoms with Crippen LogP contribution in [0.5, 0.6) is 0 Å². The minimum absolute atomic E-state index is 0. The van der Waals surface area contributed by atoms with Gasteiger partial charge < -0.3 is 10.6 Å². The van der Waals surface area contributed by atoms with Gasteiger partial charge in [-0.3, -0.25) is 9.48 Å². The minimum atomic E-state index is -0.234. The standard InChI is InChI=1S/C11H18N4O.2ClH/c1-9(15-7-3-5-13-15)11(16)14-6-2-4-10(14)8-12;;/h3,5,7,9-10H,2,4,6,8,12H2,1H3;2*1H. The zero-order valence-electron chi connectivity index (χ0n) is 10.4. The molecule has 0 radical (unpaired) electrons. The molecule has 1 aliphatic heterocycles. The van der Waals surface area contributed by atoms with Gasteiger partial charge in [0, 0.05) is 31.5 Å². The maximum atomic E-state index is 12.2. The number of halogens is 2. The summed E-state index contributed by atoms with van der Waals surface area (Å²) in [6.07, 6.45) is 5.58. The van der Waals surface area contributed by atoms with Gasteiger partial charge in [0.2, 0.25) is 5.91 Å². The molecule has 1 fully saturated rings. The lowest BCUT2D eigenvalue weighted by Gasteiger charge is -2.26. The molecule has 1 aromatic rings. The quantitative estimate of drug-likeness (QED) is 0.912. The van der Waals surface area contributed by atoms with Crippen LogP contribution in [-0.2, 0) is 4.79 Å². The Morgan fingerprint density at radius 2 is 2.28 bits per heavy atom. The molecule has 1 aromatic heterocycles. The molecule has 1 saturated heterocycles. The van der Waals surface area contributed by atoms with Crippen molar-refractivity contribution in [2.24, 2.45) is 5.73 Å². The number of rotatable bonds is 3. The van der Waals surface area contributed by atoms with Crippen LogP contribution in [0.4, 0.5) is 0 Å². The van der Waals surface area contributed by atoms with Crippen molar-refractivity contribution in [2.45, 2.75) is 31.8 Å². The highest BCUT2D eigenvalue weighted by atomic mass is 35.5. The van der Waals surface area contributed by atoms with E-state index in [-0.39, 0.29) is 42.8 Å². The molecular formula is C11H20Cl2N4O. The highest BCUT2D eigenvalue weighted by Crippen LogP contribution is 2.20. The summed E-state index contributed by atoms with van der Waals surface area (Å²) in [6, 6.07) is 1.81. The van der Waals surface area contributed by atoms with E-state index in [1.54, 1.807) is 10.9 Å². The fourth-order valence-corrected chi connectivity index (χ4v) is 2.23. The Hall–Kier alpha value is -0.780. The van der Waals surface area contributed by atoms with Gasteiger partial charge in [-0.1, -0.05) is 0 Å². The molecule has 7 heteroatoms. The van der Waals surface area contributed by atoms with Crippen LogP contribution in [0.3, 0.4) is 0 Å². The number of nitrogens with two attached hydrogens (primary N) is 1. The molecule has 2 rings (SSSR count). The van der Waals surface area contributed by atoms with Gasteiger partial charge in [0.05, 0.1) is 0 Å². The van der Waals surface area contributed by atoms with Gasteiger partial charge in [0.25, 0.3) is 0 Å². The summed E-state index contributed by atoms with van der Waals surface area (Å²) in [4.78, 5) is 14.1. The Kier molecular flexibility index (Phi) is 7.28. The second-order valence-corrected chi connectivity index (χ2v) is 4.23. The van der Waals surface area contributed by atoms with Gasteiger partial charge in [-0.2, -0.15) is 5.10 Å². The van der Waals surface area contributed by atoms with Crippen LogP contribution >= 0.6 is 24.8 Å². The number of amides is 1. The summed E-state index contributed by atoms with van der Waals surface area (Å²) >= 11 is 0. The normalized spacial score (nSPS) is 19.9. The van der Waals surface area contributed by atoms with Gasteiger partial charge in [-0.25, -0.2) is 0 Å². The van der Waals surface area contributed by atoms with Crippen LogP contribution in [0.25, 0.3) is 0 Å². The van der Waals surface area contributed by atoms with Crippen molar-refractivity contribution >= 4 is 30.7 Å². The zero-order valence-corrected chi connectivity index (χ0v) is 12.0. The maximum Gasteiger partial charge on any atom is 0.247 e. The summed E-state index contributed by atoms with van der Waals surface area (Å²) < 4.78 is 1.69. The van der Waals surface area contributed by atoms with Crippen molar-refractivity contribution < 1.29 is 4.79 Å². The smallest absolute Gasteiger partial charge is 0.247 e. The van der Waals surface area contributed by atoms with Crippen molar-refractivity contribution in [1.29, 1.82) is 0 Å². The summed E-state index contributed by atoms with van der Waals surface area (Å²) in [7, 11) is 0. The van der Waals surface area contributed by atoms with Gasteiger partial charge >= 0.3 is 0 Å². The molecule has 2 unspecified atom stereocenters. The van der Waals surface area contributed by atoms with E-state index in [0.717, 1.165) is 19.4 Å². The molecule has 0 saturated carbocycles. The number of hydrogen-bond donors (Lipinski definition) is 1. The fraction of sp³-hybridized carbons (Fsp3) is 0.636. The van der Waals surface area contributed by atoms with Crippen molar-refractivity contribution in [3.05, 3.63) is 18.5 Å². The molecular weight excluding hydrogens is 275 g/mol. The van der Waals surface area contributed by atoms with E-state index in [1.807, 2.05) is 24.1 Å². The third-order valence-electron chi connectivity index (χ3n) is 3.21. The van der Waals surface area contributed by atoms with Crippen molar-refractivity contribution in [3.8, 4) is 0 Å². The van der Waals surface area contributed by atoms with Crippen molar-refractivity contribution in [1.82, 2.24) is 14.7 Å². The van der Waals surface area contributed by atoms with E-state index in [2.05, 4.69) is 5.10 Å². The van der Waals surface area contributed by atoms with Gasteiger partial charge in [-0.15, -0.1) is 24.8 Å². The lowest BCUT2D eigenvalue weighted by molar-refractivity contribution is -0.135. The molecule has 1 aliphatic rings. The number of hydrogen-bond acceptors (Lipinski definition) is 3. The number of likely N-dealkylation sites (tertiary alicyclic amines) is 1. The number of carbonyl (C=O) groups excluding carboxylic acids is 1. The minimum Gasteiger partial charge on any atom is -0.337 e. The van der Waals surface area contributed by atoms with E-state index in [4.69, 9.17) is 5.73 Å². The second-order valence-electron chi connectivity index (χ2n) is 4.23. The molecule has 104 valence electrons. The van der Waals surface area contributed by atoms with Crippen molar-refractivity contribution in [3.63, 3.8) is 0 Å². The second kappa shape index (κ2) is 7.61. The Balaban J connectivity index is 0.00000144. The first-order chi connectivity index (χ1) is 7.74. The first-order valence-corrected chi connectivity index (χ1v) is 5.73. The van der Waals surface area contributed by atoms with E-state index in [0.29, 0.717) is 6.54 Å². The SMILES string of the molecule is CC(C(=O)N1CCCC1CN)n1cccn1.Cl.Cl. The molecule has 2 atom stereocenters. The summed E-state index contributed by atoms with van der Waals surface area (Å²) in [6.45, 7) is 3.26. The number of nitrogens with zero attached hydrogens (tertiary/aromatic N) is 3. The fourth-order valence-electron chi connectivity index (χ4n) is 2.23. The van der Waals surface area contributed by atoms with Crippen LogP contribution in [0, 0.1) is 0 Å². The molecule has 0 spiro atoms. The Morgan fingerprint density at radius 3 is 2.83 bits per heavy atom. The van der Waals surface area contributed by atoms with Crippen LogP contribution in [-0.4, -0.2) is 39.7 Å². The zero-order chi connectivity index (χ0) is 11.5. The van der Waals surface area contributed by atoms with Crippen LogP contribution in [0.2, 0.25) is 0 Å². The van der Waals surface area contributed by atoms with Crippen molar-refractivity contribution in [2.75, 3.05) is 13.1 Å². The van der Waals surface area contributed by atoms with E-state index >= 15 is 0 Å². The summed E-state index contributed by atoms with van der Waals surface area (Å²) in [5, 5.41) is 4.10. The molecule has 1 amide bonds. The Morgan fingerprint density at radius 1 is 1.56 bits per heavy atom. The molecule has 0 aliphatic carbocycles. The largest absolute Gasteiger partial charge is 0.337 e. The van der Waals surface area contributed by atoms with E-state index in [1.165, 1.54) is 0 Å². The van der Waals surface area contributed by atoms with Gasteiger partial charge in [-0.05, 0) is 25.8 Å². The van der Waals surface area contributed by atoms with Gasteiger partial charge in [0.1, 0.15) is 6.04 Å². The molecule has 5 nitrogen and oxygen atoms in total. The van der Waals surface area contributed by atoms with Crippen LogP contribution in [0.15, 0.2) is 18.5 Å². The predicted octanol–water partition coefficient (Wildman–Crippen LogP) is 1.24. The third kappa shape index (κ3) is 3.37. The highest BCUT2D eigenvalue weighted by molar-refractivity contribution is 5.85. The third-order valence-corrected chi connectivity index (χ3v) is 3.21. The van der Waals surface area contributed by atoms with Crippen LogP contribution in [0.1, 0.15) is 25.8 Å². The van der Waals surface area contributed by atoms with E-state index in [9.17, 15) is 4.79 Å². The monoisotopic (exact) mass is 294 g/mol. The molecule has 2 heterocycles. The molecule has 0 aromatic carbocycles.